The van der Waals surface area contributed by atoms with E-state index in [-0.39, 0.29) is 6.42 Å². The molecule has 1 aromatic heterocycles. The molecule has 0 saturated heterocycles. The zero-order valence-corrected chi connectivity index (χ0v) is 12.4. The van der Waals surface area contributed by atoms with E-state index >= 15 is 0 Å². The van der Waals surface area contributed by atoms with Crippen molar-refractivity contribution in [2.24, 2.45) is 5.92 Å². The number of carbonyl (C=O) groups excluding carboxylic acids is 1. The van der Waals surface area contributed by atoms with E-state index < -0.39 is 11.8 Å². The van der Waals surface area contributed by atoms with Gasteiger partial charge in [0.25, 0.3) is 0 Å². The summed E-state index contributed by atoms with van der Waals surface area (Å²) in [6.07, 6.45) is 3.55. The van der Waals surface area contributed by atoms with Crippen LogP contribution in [0.25, 0.3) is 0 Å². The maximum atomic E-state index is 12.2. The van der Waals surface area contributed by atoms with Gasteiger partial charge in [0, 0.05) is 17.4 Å². The van der Waals surface area contributed by atoms with E-state index in [0.717, 1.165) is 5.56 Å². The first-order valence-electron chi connectivity index (χ1n) is 6.14. The molecule has 1 amide bonds. The molecule has 1 aromatic carbocycles. The van der Waals surface area contributed by atoms with Crippen LogP contribution < -0.4 is 5.32 Å². The number of amides is 1. The molecule has 0 spiro atoms. The number of aromatic nitrogens is 1. The van der Waals surface area contributed by atoms with E-state index in [1.54, 1.807) is 36.7 Å². The lowest BCUT2D eigenvalue weighted by Gasteiger charge is -2.11. The number of nitrogens with one attached hydrogen (secondary N) is 1. The van der Waals surface area contributed by atoms with E-state index in [0.29, 0.717) is 15.7 Å². The van der Waals surface area contributed by atoms with E-state index in [1.807, 2.05) is 12.1 Å². The highest BCUT2D eigenvalue weighted by molar-refractivity contribution is 6.35. The normalized spacial score (nSPS) is 11.5. The van der Waals surface area contributed by atoms with Gasteiger partial charge in [0.05, 0.1) is 16.8 Å². The van der Waals surface area contributed by atoms with Crippen LogP contribution in [-0.4, -0.2) is 10.9 Å². The van der Waals surface area contributed by atoms with Gasteiger partial charge in [-0.3, -0.25) is 9.78 Å². The SMILES string of the molecule is N#C[C@@H](Cc1cccnc1)C(=O)Nc1cc(Cl)ccc1Cl. The molecule has 1 atom stereocenters. The molecule has 0 fully saturated rings. The van der Waals surface area contributed by atoms with Crippen molar-refractivity contribution in [3.05, 3.63) is 58.3 Å². The lowest BCUT2D eigenvalue weighted by atomic mass is 10.0. The third-order valence-corrected chi connectivity index (χ3v) is 3.39. The maximum Gasteiger partial charge on any atom is 0.242 e. The molecule has 1 N–H and O–H groups in total. The van der Waals surface area contributed by atoms with Crippen LogP contribution in [0.3, 0.4) is 0 Å². The number of benzene rings is 1. The van der Waals surface area contributed by atoms with Gasteiger partial charge in [0.15, 0.2) is 0 Å². The summed E-state index contributed by atoms with van der Waals surface area (Å²) in [6, 6.07) is 10.3. The highest BCUT2D eigenvalue weighted by Crippen LogP contribution is 2.26. The summed E-state index contributed by atoms with van der Waals surface area (Å²) in [6.45, 7) is 0. The van der Waals surface area contributed by atoms with Crippen molar-refractivity contribution in [1.29, 1.82) is 5.26 Å². The Balaban J connectivity index is 2.10. The van der Waals surface area contributed by atoms with Crippen molar-refractivity contribution in [3.8, 4) is 6.07 Å². The molecule has 2 rings (SSSR count). The Labute approximate surface area is 132 Å². The molecule has 0 aliphatic rings. The average Bonchev–Trinajstić information content (AvgIpc) is 2.49. The number of halogens is 2. The average molecular weight is 320 g/mol. The largest absolute Gasteiger partial charge is 0.324 e. The molecular formula is C15H11Cl2N3O. The summed E-state index contributed by atoms with van der Waals surface area (Å²) in [7, 11) is 0. The van der Waals surface area contributed by atoms with Gasteiger partial charge in [-0.05, 0) is 36.2 Å². The van der Waals surface area contributed by atoms with Crippen LogP contribution in [0.1, 0.15) is 5.56 Å². The number of nitriles is 1. The van der Waals surface area contributed by atoms with Crippen LogP contribution in [0.4, 0.5) is 5.69 Å². The fraction of sp³-hybridized carbons (Fsp3) is 0.133. The molecule has 106 valence electrons. The van der Waals surface area contributed by atoms with E-state index in [1.165, 1.54) is 0 Å². The smallest absolute Gasteiger partial charge is 0.242 e. The lowest BCUT2D eigenvalue weighted by molar-refractivity contribution is -0.118. The molecular weight excluding hydrogens is 309 g/mol. The minimum atomic E-state index is -0.829. The van der Waals surface area contributed by atoms with Gasteiger partial charge >= 0.3 is 0 Å². The quantitative estimate of drug-likeness (QED) is 0.934. The van der Waals surface area contributed by atoms with Gasteiger partial charge in [-0.2, -0.15) is 5.26 Å². The molecule has 0 saturated carbocycles. The molecule has 0 bridgehead atoms. The van der Waals surface area contributed by atoms with Crippen LogP contribution in [0.5, 0.6) is 0 Å². The summed E-state index contributed by atoms with van der Waals surface area (Å²) in [5.41, 5.74) is 1.21. The Kier molecular flexibility index (Phi) is 5.15. The minimum Gasteiger partial charge on any atom is -0.324 e. The third kappa shape index (κ3) is 4.19. The highest BCUT2D eigenvalue weighted by atomic mass is 35.5. The van der Waals surface area contributed by atoms with Crippen molar-refractivity contribution < 1.29 is 4.79 Å². The highest BCUT2D eigenvalue weighted by Gasteiger charge is 2.19. The second-order valence-electron chi connectivity index (χ2n) is 4.36. The second-order valence-corrected chi connectivity index (χ2v) is 5.20. The summed E-state index contributed by atoms with van der Waals surface area (Å²) in [4.78, 5) is 16.1. The molecule has 0 aliphatic carbocycles. The molecule has 0 aliphatic heterocycles. The Morgan fingerprint density at radius 2 is 2.19 bits per heavy atom. The Morgan fingerprint density at radius 1 is 1.38 bits per heavy atom. The van der Waals surface area contributed by atoms with E-state index in [9.17, 15) is 4.79 Å². The van der Waals surface area contributed by atoms with Gasteiger partial charge < -0.3 is 5.32 Å². The fourth-order valence-electron chi connectivity index (χ4n) is 1.76. The molecule has 4 nitrogen and oxygen atoms in total. The minimum absolute atomic E-state index is 0.286. The number of rotatable bonds is 4. The summed E-state index contributed by atoms with van der Waals surface area (Å²) >= 11 is 11.8. The number of nitrogens with zero attached hydrogens (tertiary/aromatic N) is 2. The summed E-state index contributed by atoms with van der Waals surface area (Å²) < 4.78 is 0. The van der Waals surface area contributed by atoms with Gasteiger partial charge in [-0.25, -0.2) is 0 Å². The molecule has 0 radical (unpaired) electrons. The number of hydrogen-bond acceptors (Lipinski definition) is 3. The molecule has 1 heterocycles. The Hall–Kier alpha value is -2.09. The first-order valence-corrected chi connectivity index (χ1v) is 6.90. The van der Waals surface area contributed by atoms with Crippen LogP contribution in [0.2, 0.25) is 10.0 Å². The zero-order valence-electron chi connectivity index (χ0n) is 10.9. The van der Waals surface area contributed by atoms with Gasteiger partial charge in [0.2, 0.25) is 5.91 Å². The monoisotopic (exact) mass is 319 g/mol. The van der Waals surface area contributed by atoms with Gasteiger partial charge in [0.1, 0.15) is 5.92 Å². The molecule has 6 heteroatoms. The predicted octanol–water partition coefficient (Wildman–Crippen LogP) is 3.71. The van der Waals surface area contributed by atoms with Gasteiger partial charge in [-0.15, -0.1) is 0 Å². The van der Waals surface area contributed by atoms with Crippen LogP contribution >= 0.6 is 23.2 Å². The maximum absolute atomic E-state index is 12.2. The number of pyridine rings is 1. The first-order chi connectivity index (χ1) is 10.1. The predicted molar refractivity (Wildman–Crippen MR) is 82.1 cm³/mol. The van der Waals surface area contributed by atoms with Crippen LogP contribution in [0, 0.1) is 17.2 Å². The van der Waals surface area contributed by atoms with Crippen molar-refractivity contribution in [2.75, 3.05) is 5.32 Å². The zero-order chi connectivity index (χ0) is 15.2. The first kappa shape index (κ1) is 15.3. The molecule has 2 aromatic rings. The second kappa shape index (κ2) is 7.07. The number of anilines is 1. The Bertz CT molecular complexity index is 683. The van der Waals surface area contributed by atoms with Crippen molar-refractivity contribution in [1.82, 2.24) is 4.98 Å². The number of hydrogen-bond donors (Lipinski definition) is 1. The van der Waals surface area contributed by atoms with E-state index in [2.05, 4.69) is 10.3 Å². The Morgan fingerprint density at radius 3 is 2.86 bits per heavy atom. The topological polar surface area (TPSA) is 65.8 Å². The summed E-state index contributed by atoms with van der Waals surface area (Å²) in [5.74, 6) is -1.25. The lowest BCUT2D eigenvalue weighted by Crippen LogP contribution is -2.23. The summed E-state index contributed by atoms with van der Waals surface area (Å²) in [5, 5.41) is 12.6. The van der Waals surface area contributed by atoms with E-state index in [4.69, 9.17) is 28.5 Å². The van der Waals surface area contributed by atoms with Crippen molar-refractivity contribution in [3.63, 3.8) is 0 Å². The van der Waals surface area contributed by atoms with Crippen molar-refractivity contribution in [2.45, 2.75) is 6.42 Å². The molecule has 21 heavy (non-hydrogen) atoms. The van der Waals surface area contributed by atoms with Crippen molar-refractivity contribution >= 4 is 34.8 Å². The third-order valence-electron chi connectivity index (χ3n) is 2.82. The standard InChI is InChI=1S/C15H11Cl2N3O/c16-12-3-4-13(17)14(7-12)20-15(21)11(8-18)6-10-2-1-5-19-9-10/h1-5,7,9,11H,6H2,(H,20,21)/t11-/m1/s1. The van der Waals surface area contributed by atoms with Crippen LogP contribution in [-0.2, 0) is 11.2 Å². The van der Waals surface area contributed by atoms with Gasteiger partial charge in [-0.1, -0.05) is 29.3 Å². The number of carbonyl (C=O) groups is 1. The molecule has 0 unspecified atom stereocenters. The van der Waals surface area contributed by atoms with Crippen LogP contribution in [0.15, 0.2) is 42.7 Å². The fourth-order valence-corrected chi connectivity index (χ4v) is 2.10.